The molecule has 4 nitrogen and oxygen atoms in total. The Kier molecular flexibility index (Phi) is 2.93. The van der Waals surface area contributed by atoms with Gasteiger partial charge in [-0.25, -0.2) is 9.97 Å². The van der Waals surface area contributed by atoms with Gasteiger partial charge in [0.05, 0.1) is 0 Å². The van der Waals surface area contributed by atoms with Gasteiger partial charge in [-0.1, -0.05) is 66.2 Å². The SMILES string of the molecule is C=C1C2(C)c3ccc(Br)cc3N3c4nccnc4N(c4ccccc4)C3C12C. The fourth-order valence-corrected chi connectivity index (χ4v) is 5.76. The molecule has 0 saturated heterocycles. The van der Waals surface area contributed by atoms with Crippen molar-refractivity contribution in [3.63, 3.8) is 0 Å². The molecule has 3 heterocycles. The molecular weight excluding hydrogens is 412 g/mol. The number of benzene rings is 2. The van der Waals surface area contributed by atoms with Gasteiger partial charge in [0.1, 0.15) is 6.17 Å². The van der Waals surface area contributed by atoms with Gasteiger partial charge in [-0.3, -0.25) is 0 Å². The summed E-state index contributed by atoms with van der Waals surface area (Å²) in [5.41, 5.74) is 4.71. The molecule has 0 spiro atoms. The highest BCUT2D eigenvalue weighted by atomic mass is 79.9. The van der Waals surface area contributed by atoms with Crippen LogP contribution in [0.4, 0.5) is 23.0 Å². The monoisotopic (exact) mass is 430 g/mol. The summed E-state index contributed by atoms with van der Waals surface area (Å²) in [6.45, 7) is 9.18. The first-order valence-electron chi connectivity index (χ1n) is 9.44. The lowest BCUT2D eigenvalue weighted by Crippen LogP contribution is -2.50. The van der Waals surface area contributed by atoms with Crippen molar-refractivity contribution in [1.29, 1.82) is 0 Å². The Bertz CT molecular complexity index is 1160. The number of rotatable bonds is 1. The number of hydrogen-bond acceptors (Lipinski definition) is 4. The summed E-state index contributed by atoms with van der Waals surface area (Å²) in [7, 11) is 0. The van der Waals surface area contributed by atoms with Crippen LogP contribution in [0.3, 0.4) is 0 Å². The molecule has 28 heavy (non-hydrogen) atoms. The predicted molar refractivity (Wildman–Crippen MR) is 115 cm³/mol. The lowest BCUT2D eigenvalue weighted by molar-refractivity contribution is 0.376. The minimum atomic E-state index is -0.105. The molecule has 0 bridgehead atoms. The Hall–Kier alpha value is -2.66. The molecule has 0 N–H and O–H groups in total. The number of halogens is 1. The third-order valence-corrected chi connectivity index (χ3v) is 7.61. The van der Waals surface area contributed by atoms with E-state index in [0.29, 0.717) is 0 Å². The fourth-order valence-electron chi connectivity index (χ4n) is 5.41. The van der Waals surface area contributed by atoms with Crippen molar-refractivity contribution < 1.29 is 0 Å². The number of nitrogens with zero attached hydrogens (tertiary/aromatic N) is 4. The average molecular weight is 431 g/mol. The van der Waals surface area contributed by atoms with Crippen LogP contribution in [0.15, 0.2) is 77.5 Å². The van der Waals surface area contributed by atoms with Gasteiger partial charge in [-0.05, 0) is 29.8 Å². The van der Waals surface area contributed by atoms with Crippen molar-refractivity contribution in [1.82, 2.24) is 9.97 Å². The van der Waals surface area contributed by atoms with Crippen molar-refractivity contribution in [2.45, 2.75) is 25.4 Å². The molecule has 0 amide bonds. The van der Waals surface area contributed by atoms with Gasteiger partial charge in [0.25, 0.3) is 0 Å². The van der Waals surface area contributed by atoms with Gasteiger partial charge in [-0.15, -0.1) is 0 Å². The van der Waals surface area contributed by atoms with Crippen LogP contribution < -0.4 is 9.80 Å². The average Bonchev–Trinajstić information content (AvgIpc) is 3.02. The minimum absolute atomic E-state index is 0.0478. The number of para-hydroxylation sites is 1. The first-order valence-corrected chi connectivity index (χ1v) is 10.2. The summed E-state index contributed by atoms with van der Waals surface area (Å²) < 4.78 is 1.06. The van der Waals surface area contributed by atoms with E-state index in [0.717, 1.165) is 21.8 Å². The van der Waals surface area contributed by atoms with Crippen molar-refractivity contribution >= 4 is 38.9 Å². The zero-order valence-electron chi connectivity index (χ0n) is 15.7. The lowest BCUT2D eigenvalue weighted by Gasteiger charge is -2.43. The van der Waals surface area contributed by atoms with Crippen LogP contribution in [0, 0.1) is 5.41 Å². The first kappa shape index (κ1) is 16.3. The summed E-state index contributed by atoms with van der Waals surface area (Å²) in [6.07, 6.45) is 3.60. The van der Waals surface area contributed by atoms with Crippen LogP contribution in [-0.4, -0.2) is 16.1 Å². The second-order valence-electron chi connectivity index (χ2n) is 8.12. The molecule has 1 aromatic heterocycles. The Morgan fingerprint density at radius 1 is 0.964 bits per heavy atom. The van der Waals surface area contributed by atoms with Gasteiger partial charge in [0.15, 0.2) is 11.6 Å². The molecule has 138 valence electrons. The molecule has 3 unspecified atom stereocenters. The zero-order chi connectivity index (χ0) is 19.3. The Morgan fingerprint density at radius 3 is 2.36 bits per heavy atom. The van der Waals surface area contributed by atoms with E-state index < -0.39 is 0 Å². The highest BCUT2D eigenvalue weighted by Crippen LogP contribution is 2.77. The van der Waals surface area contributed by atoms with E-state index in [1.807, 2.05) is 6.07 Å². The third kappa shape index (κ3) is 1.64. The summed E-state index contributed by atoms with van der Waals surface area (Å²) in [5.74, 6) is 1.80. The van der Waals surface area contributed by atoms with Crippen molar-refractivity contribution in [3.8, 4) is 0 Å². The molecule has 1 aliphatic carbocycles. The van der Waals surface area contributed by atoms with Gasteiger partial charge < -0.3 is 9.80 Å². The zero-order valence-corrected chi connectivity index (χ0v) is 17.3. The Morgan fingerprint density at radius 2 is 1.64 bits per heavy atom. The molecule has 2 aromatic carbocycles. The van der Waals surface area contributed by atoms with Gasteiger partial charge in [0.2, 0.25) is 0 Å². The van der Waals surface area contributed by atoms with Crippen LogP contribution in [0.25, 0.3) is 0 Å². The molecule has 2 aliphatic heterocycles. The summed E-state index contributed by atoms with van der Waals surface area (Å²) in [4.78, 5) is 14.2. The van der Waals surface area contributed by atoms with E-state index in [-0.39, 0.29) is 17.0 Å². The standard InChI is InChI=1S/C23H19BrN4/c1-14-22(2)17-10-9-15(24)13-18(17)28-20-19(25-11-12-26-20)27(21(28)23(14,22)3)16-7-5-4-6-8-16/h4-13,21H,1H2,2-3H3. The summed E-state index contributed by atoms with van der Waals surface area (Å²) >= 11 is 3.67. The molecule has 0 radical (unpaired) electrons. The first-order chi connectivity index (χ1) is 13.5. The van der Waals surface area contributed by atoms with E-state index in [2.05, 4.69) is 88.6 Å². The largest absolute Gasteiger partial charge is 0.301 e. The van der Waals surface area contributed by atoms with Crippen LogP contribution in [0.1, 0.15) is 19.4 Å². The fraction of sp³-hybridized carbons (Fsp3) is 0.217. The number of hydrogen-bond donors (Lipinski definition) is 0. The highest BCUT2D eigenvalue weighted by molar-refractivity contribution is 9.10. The van der Waals surface area contributed by atoms with E-state index in [4.69, 9.17) is 9.97 Å². The molecule has 1 saturated carbocycles. The van der Waals surface area contributed by atoms with Crippen LogP contribution >= 0.6 is 15.9 Å². The van der Waals surface area contributed by atoms with E-state index >= 15 is 0 Å². The molecular formula is C23H19BrN4. The summed E-state index contributed by atoms with van der Waals surface area (Å²) in [6, 6.07) is 17.0. The van der Waals surface area contributed by atoms with E-state index in [1.54, 1.807) is 12.4 Å². The smallest absolute Gasteiger partial charge is 0.178 e. The topological polar surface area (TPSA) is 32.3 Å². The number of fused-ring (bicyclic) bond motifs is 8. The maximum absolute atomic E-state index is 4.76. The molecule has 3 atom stereocenters. The van der Waals surface area contributed by atoms with E-state index in [1.165, 1.54) is 16.8 Å². The molecule has 1 fully saturated rings. The summed E-state index contributed by atoms with van der Waals surface area (Å²) in [5, 5.41) is 0. The van der Waals surface area contributed by atoms with Crippen molar-refractivity contribution in [2.75, 3.05) is 9.80 Å². The molecule has 3 aromatic rings. The van der Waals surface area contributed by atoms with Crippen molar-refractivity contribution in [2.24, 2.45) is 5.41 Å². The van der Waals surface area contributed by atoms with Crippen molar-refractivity contribution in [3.05, 3.63) is 83.1 Å². The second-order valence-corrected chi connectivity index (χ2v) is 9.04. The van der Waals surface area contributed by atoms with Gasteiger partial charge >= 0.3 is 0 Å². The minimum Gasteiger partial charge on any atom is -0.301 e. The van der Waals surface area contributed by atoms with Gasteiger partial charge in [-0.2, -0.15) is 0 Å². The Labute approximate surface area is 172 Å². The highest BCUT2D eigenvalue weighted by Gasteiger charge is 2.76. The molecule has 5 heteroatoms. The number of anilines is 4. The van der Waals surface area contributed by atoms with Crippen LogP contribution in [0.2, 0.25) is 0 Å². The second kappa shape index (κ2) is 5.03. The van der Waals surface area contributed by atoms with Crippen LogP contribution in [-0.2, 0) is 5.41 Å². The normalized spacial score (nSPS) is 29.1. The Balaban J connectivity index is 1.70. The lowest BCUT2D eigenvalue weighted by atomic mass is 9.81. The quantitative estimate of drug-likeness (QED) is 0.463. The third-order valence-electron chi connectivity index (χ3n) is 7.12. The number of aromatic nitrogens is 2. The van der Waals surface area contributed by atoms with Crippen LogP contribution in [0.5, 0.6) is 0 Å². The van der Waals surface area contributed by atoms with Gasteiger partial charge in [0, 0.05) is 39.1 Å². The maximum Gasteiger partial charge on any atom is 0.178 e. The molecule has 3 aliphatic rings. The van der Waals surface area contributed by atoms with E-state index in [9.17, 15) is 0 Å². The maximum atomic E-state index is 4.76. The molecule has 6 rings (SSSR count). The predicted octanol–water partition coefficient (Wildman–Crippen LogP) is 5.70.